The molecule has 0 aliphatic heterocycles. The molecular weight excluding hydrogens is 220 g/mol. The fourth-order valence-corrected chi connectivity index (χ4v) is 1.80. The van der Waals surface area contributed by atoms with Crippen molar-refractivity contribution < 1.29 is 23.5 Å². The summed E-state index contributed by atoms with van der Waals surface area (Å²) in [6.45, 7) is -0.644. The van der Waals surface area contributed by atoms with Crippen molar-refractivity contribution in [1.82, 2.24) is 4.90 Å². The van der Waals surface area contributed by atoms with Crippen molar-refractivity contribution in [3.05, 3.63) is 0 Å². The van der Waals surface area contributed by atoms with Crippen LogP contribution >= 0.6 is 0 Å². The van der Waals surface area contributed by atoms with Gasteiger partial charge in [0.1, 0.15) is 0 Å². The van der Waals surface area contributed by atoms with E-state index < -0.39 is 30.3 Å². The number of hydrogen-bond donors (Lipinski definition) is 1. The Bertz CT molecular complexity index is 290. The SMILES string of the molecule is CN(CC(F)F)C(=O)CC1(C(=O)O)CCC1. The van der Waals surface area contributed by atoms with Crippen molar-refractivity contribution in [2.45, 2.75) is 32.1 Å². The summed E-state index contributed by atoms with van der Waals surface area (Å²) in [6.07, 6.45) is -1.08. The number of carboxylic acids is 1. The lowest BCUT2D eigenvalue weighted by Crippen LogP contribution is -2.43. The maximum Gasteiger partial charge on any atom is 0.310 e. The molecule has 4 nitrogen and oxygen atoms in total. The first-order valence-corrected chi connectivity index (χ1v) is 5.13. The first kappa shape index (κ1) is 12.9. The number of nitrogens with zero attached hydrogens (tertiary/aromatic N) is 1. The third kappa shape index (κ3) is 2.68. The molecule has 0 aromatic heterocycles. The molecule has 0 bridgehead atoms. The van der Waals surface area contributed by atoms with E-state index in [1.165, 1.54) is 7.05 Å². The van der Waals surface area contributed by atoms with Crippen molar-refractivity contribution in [3.63, 3.8) is 0 Å². The standard InChI is InChI=1S/C10H15F2NO3/c1-13(6-7(11)12)8(14)5-10(9(15)16)3-2-4-10/h7H,2-6H2,1H3,(H,15,16). The molecule has 92 valence electrons. The van der Waals surface area contributed by atoms with Crippen LogP contribution in [0.2, 0.25) is 0 Å². The molecule has 1 amide bonds. The van der Waals surface area contributed by atoms with Gasteiger partial charge >= 0.3 is 5.97 Å². The second-order valence-electron chi connectivity index (χ2n) is 4.28. The third-order valence-corrected chi connectivity index (χ3v) is 3.09. The zero-order valence-corrected chi connectivity index (χ0v) is 9.08. The lowest BCUT2D eigenvalue weighted by molar-refractivity contribution is -0.159. The first-order chi connectivity index (χ1) is 7.37. The molecular formula is C10H15F2NO3. The van der Waals surface area contributed by atoms with Crippen LogP contribution in [0, 0.1) is 5.41 Å². The number of hydrogen-bond acceptors (Lipinski definition) is 2. The van der Waals surface area contributed by atoms with Crippen molar-refractivity contribution >= 4 is 11.9 Å². The molecule has 0 spiro atoms. The van der Waals surface area contributed by atoms with E-state index in [-0.39, 0.29) is 6.42 Å². The number of carbonyl (C=O) groups excluding carboxylic acids is 1. The normalized spacial score (nSPS) is 18.0. The molecule has 0 aromatic rings. The van der Waals surface area contributed by atoms with Crippen molar-refractivity contribution in [1.29, 1.82) is 0 Å². The molecule has 16 heavy (non-hydrogen) atoms. The lowest BCUT2D eigenvalue weighted by atomic mass is 9.66. The molecule has 0 unspecified atom stereocenters. The van der Waals surface area contributed by atoms with Gasteiger partial charge in [0.15, 0.2) is 0 Å². The minimum absolute atomic E-state index is 0.175. The highest BCUT2D eigenvalue weighted by Gasteiger charge is 2.46. The first-order valence-electron chi connectivity index (χ1n) is 5.13. The summed E-state index contributed by atoms with van der Waals surface area (Å²) in [4.78, 5) is 23.4. The summed E-state index contributed by atoms with van der Waals surface area (Å²) < 4.78 is 24.0. The van der Waals surface area contributed by atoms with Gasteiger partial charge < -0.3 is 10.0 Å². The van der Waals surface area contributed by atoms with E-state index in [0.29, 0.717) is 12.8 Å². The second-order valence-corrected chi connectivity index (χ2v) is 4.28. The zero-order chi connectivity index (χ0) is 12.3. The fraction of sp³-hybridized carbons (Fsp3) is 0.800. The van der Waals surface area contributed by atoms with E-state index in [1.807, 2.05) is 0 Å². The van der Waals surface area contributed by atoms with Crippen molar-refractivity contribution in [2.24, 2.45) is 5.41 Å². The van der Waals surface area contributed by atoms with Gasteiger partial charge in [-0.3, -0.25) is 9.59 Å². The summed E-state index contributed by atoms with van der Waals surface area (Å²) >= 11 is 0. The molecule has 0 heterocycles. The van der Waals surface area contributed by atoms with E-state index in [0.717, 1.165) is 11.3 Å². The van der Waals surface area contributed by atoms with E-state index in [4.69, 9.17) is 5.11 Å². The van der Waals surface area contributed by atoms with Gasteiger partial charge in [-0.15, -0.1) is 0 Å². The highest BCUT2D eigenvalue weighted by molar-refractivity contribution is 5.85. The molecule has 1 rings (SSSR count). The van der Waals surface area contributed by atoms with E-state index >= 15 is 0 Å². The van der Waals surface area contributed by atoms with Crippen molar-refractivity contribution in [2.75, 3.05) is 13.6 Å². The fourth-order valence-electron chi connectivity index (χ4n) is 1.80. The highest BCUT2D eigenvalue weighted by atomic mass is 19.3. The van der Waals surface area contributed by atoms with Crippen molar-refractivity contribution in [3.8, 4) is 0 Å². The number of carbonyl (C=O) groups is 2. The number of amides is 1. The van der Waals surface area contributed by atoms with Crippen LogP contribution in [0.5, 0.6) is 0 Å². The Morgan fingerprint density at radius 2 is 2.00 bits per heavy atom. The highest BCUT2D eigenvalue weighted by Crippen LogP contribution is 2.44. The number of aliphatic carboxylic acids is 1. The second kappa shape index (κ2) is 4.76. The van der Waals surface area contributed by atoms with E-state index in [1.54, 1.807) is 0 Å². The summed E-state index contributed by atoms with van der Waals surface area (Å²) in [7, 11) is 1.27. The Morgan fingerprint density at radius 1 is 1.44 bits per heavy atom. The van der Waals surface area contributed by atoms with Crippen LogP contribution in [0.15, 0.2) is 0 Å². The van der Waals surface area contributed by atoms with Gasteiger partial charge in [-0.25, -0.2) is 8.78 Å². The molecule has 1 aliphatic rings. The molecule has 1 saturated carbocycles. The number of alkyl halides is 2. The smallest absolute Gasteiger partial charge is 0.310 e. The number of rotatable bonds is 5. The van der Waals surface area contributed by atoms with Gasteiger partial charge in [0, 0.05) is 13.5 Å². The Labute approximate surface area is 92.2 Å². The van der Waals surface area contributed by atoms with Crippen LogP contribution in [0.4, 0.5) is 8.78 Å². The topological polar surface area (TPSA) is 57.6 Å². The van der Waals surface area contributed by atoms with Crippen LogP contribution in [0.3, 0.4) is 0 Å². The largest absolute Gasteiger partial charge is 0.481 e. The Kier molecular flexibility index (Phi) is 3.83. The van der Waals surface area contributed by atoms with Crippen LogP contribution in [-0.2, 0) is 9.59 Å². The zero-order valence-electron chi connectivity index (χ0n) is 9.08. The lowest BCUT2D eigenvalue weighted by Gasteiger charge is -2.37. The van der Waals surface area contributed by atoms with Crippen LogP contribution < -0.4 is 0 Å². The van der Waals surface area contributed by atoms with Gasteiger partial charge in [0.2, 0.25) is 5.91 Å². The predicted octanol–water partition coefficient (Wildman–Crippen LogP) is 1.35. The molecule has 1 N–H and O–H groups in total. The van der Waals surface area contributed by atoms with Gasteiger partial charge in [-0.1, -0.05) is 6.42 Å². The minimum Gasteiger partial charge on any atom is -0.481 e. The van der Waals surface area contributed by atoms with E-state index in [2.05, 4.69) is 0 Å². The van der Waals surface area contributed by atoms with Gasteiger partial charge in [0.05, 0.1) is 12.0 Å². The minimum atomic E-state index is -2.59. The van der Waals surface area contributed by atoms with Gasteiger partial charge in [0.25, 0.3) is 6.43 Å². The average molecular weight is 235 g/mol. The summed E-state index contributed by atoms with van der Waals surface area (Å²) in [5, 5.41) is 8.98. The number of carboxylic acid groups (broad SMARTS) is 1. The molecule has 0 aromatic carbocycles. The van der Waals surface area contributed by atoms with Crippen LogP contribution in [0.1, 0.15) is 25.7 Å². The third-order valence-electron chi connectivity index (χ3n) is 3.09. The average Bonchev–Trinajstić information content (AvgIpc) is 2.08. The van der Waals surface area contributed by atoms with Crippen LogP contribution in [0.25, 0.3) is 0 Å². The van der Waals surface area contributed by atoms with Crippen LogP contribution in [-0.4, -0.2) is 41.9 Å². The quantitative estimate of drug-likeness (QED) is 0.782. The Balaban J connectivity index is 2.53. The Morgan fingerprint density at radius 3 is 2.31 bits per heavy atom. The summed E-state index contributed by atoms with van der Waals surface area (Å²) in [5.41, 5.74) is -1.01. The molecule has 6 heteroatoms. The number of halogens is 2. The van der Waals surface area contributed by atoms with Gasteiger partial charge in [-0.05, 0) is 12.8 Å². The summed E-state index contributed by atoms with van der Waals surface area (Å²) in [5.74, 6) is -1.53. The predicted molar refractivity (Wildman–Crippen MR) is 52.2 cm³/mol. The molecule has 1 aliphatic carbocycles. The molecule has 1 fully saturated rings. The maximum absolute atomic E-state index is 12.0. The molecule has 0 saturated heterocycles. The monoisotopic (exact) mass is 235 g/mol. The molecule has 0 atom stereocenters. The Hall–Kier alpha value is -1.20. The maximum atomic E-state index is 12.0. The van der Waals surface area contributed by atoms with Gasteiger partial charge in [-0.2, -0.15) is 0 Å². The van der Waals surface area contributed by atoms with E-state index in [9.17, 15) is 18.4 Å². The summed E-state index contributed by atoms with van der Waals surface area (Å²) in [6, 6.07) is 0. The molecule has 0 radical (unpaired) electrons.